The third-order valence-corrected chi connectivity index (χ3v) is 5.00. The number of allylic oxidation sites excluding steroid dienone is 1. The lowest BCUT2D eigenvalue weighted by atomic mass is 10.0. The van der Waals surface area contributed by atoms with E-state index in [1.807, 2.05) is 0 Å². The number of nitrogens with two attached hydrogens (primary N) is 1. The predicted octanol–water partition coefficient (Wildman–Crippen LogP) is 6.10. The highest BCUT2D eigenvalue weighted by Crippen LogP contribution is 2.31. The van der Waals surface area contributed by atoms with Gasteiger partial charge in [0.1, 0.15) is 5.71 Å². The maximum Gasteiger partial charge on any atom is 0.435 e. The first kappa shape index (κ1) is 24.6. The van der Waals surface area contributed by atoms with Crippen LogP contribution in [0, 0.1) is 5.41 Å². The lowest BCUT2D eigenvalue weighted by Crippen LogP contribution is -2.20. The quantitative estimate of drug-likeness (QED) is 0.227. The van der Waals surface area contributed by atoms with Crippen LogP contribution in [0.15, 0.2) is 72.8 Å². The number of benzene rings is 1. The van der Waals surface area contributed by atoms with Gasteiger partial charge in [-0.2, -0.15) is 31.4 Å². The second-order valence-electron chi connectivity index (χ2n) is 7.57. The number of H-pyrrole nitrogens is 1. The number of pyridine rings is 2. The number of halogens is 6. The van der Waals surface area contributed by atoms with Crippen LogP contribution in [0.3, 0.4) is 0 Å². The van der Waals surface area contributed by atoms with Gasteiger partial charge in [-0.15, -0.1) is 0 Å². The number of nitrogens with one attached hydrogen (secondary N) is 2. The maximum absolute atomic E-state index is 12.9. The summed E-state index contributed by atoms with van der Waals surface area (Å²) in [5.74, 6) is 0. The van der Waals surface area contributed by atoms with E-state index in [4.69, 9.17) is 11.1 Å². The Bertz CT molecular complexity index is 1450. The van der Waals surface area contributed by atoms with Crippen LogP contribution in [0.2, 0.25) is 0 Å². The molecule has 0 saturated heterocycles. The molecule has 12 heteroatoms. The Morgan fingerprint density at radius 3 is 2.00 bits per heavy atom. The van der Waals surface area contributed by atoms with Crippen LogP contribution in [-0.4, -0.2) is 32.1 Å². The van der Waals surface area contributed by atoms with Gasteiger partial charge in [-0.1, -0.05) is 30.3 Å². The summed E-state index contributed by atoms with van der Waals surface area (Å²) in [6.07, 6.45) is -8.92. The Labute approximate surface area is 200 Å². The van der Waals surface area contributed by atoms with Gasteiger partial charge in [0.2, 0.25) is 0 Å². The summed E-state index contributed by atoms with van der Waals surface area (Å²) in [5, 5.41) is 12.7. The molecule has 0 amide bonds. The van der Waals surface area contributed by atoms with E-state index < -0.39 is 23.8 Å². The molecule has 0 radical (unpaired) electrons. The average molecular weight is 502 g/mol. The van der Waals surface area contributed by atoms with E-state index in [1.54, 1.807) is 54.6 Å². The highest BCUT2D eigenvalue weighted by molar-refractivity contribution is 6.01. The van der Waals surface area contributed by atoms with E-state index in [1.165, 1.54) is 6.07 Å². The second kappa shape index (κ2) is 9.29. The normalized spacial score (nSPS) is 12.6. The molecule has 0 aliphatic carbocycles. The van der Waals surface area contributed by atoms with Crippen molar-refractivity contribution in [3.8, 4) is 33.9 Å². The van der Waals surface area contributed by atoms with Gasteiger partial charge in [-0.3, -0.25) is 10.5 Å². The molecule has 1 aromatic carbocycles. The molecule has 3 heterocycles. The van der Waals surface area contributed by atoms with Crippen molar-refractivity contribution in [3.63, 3.8) is 0 Å². The third-order valence-electron chi connectivity index (χ3n) is 5.00. The number of rotatable bonds is 5. The molecule has 4 N–H and O–H groups in total. The summed E-state index contributed by atoms with van der Waals surface area (Å²) in [7, 11) is 0. The van der Waals surface area contributed by atoms with E-state index >= 15 is 0 Å². The molecule has 0 aliphatic heterocycles. The summed E-state index contributed by atoms with van der Waals surface area (Å²) in [4.78, 5) is 8.73. The number of hydrogen-bond acceptors (Lipinski definition) is 5. The van der Waals surface area contributed by atoms with E-state index in [2.05, 4.69) is 20.2 Å². The van der Waals surface area contributed by atoms with Crippen LogP contribution in [-0.2, 0) is 6.18 Å². The monoisotopic (exact) mass is 502 g/mol. The molecular formula is C24H16F6N6. The molecule has 0 aliphatic rings. The van der Waals surface area contributed by atoms with E-state index in [0.717, 1.165) is 6.07 Å². The van der Waals surface area contributed by atoms with Crippen LogP contribution in [0.4, 0.5) is 26.3 Å². The Kier molecular flexibility index (Phi) is 6.35. The average Bonchev–Trinajstić information content (AvgIpc) is 3.35. The highest BCUT2D eigenvalue weighted by Gasteiger charge is 2.34. The molecule has 36 heavy (non-hydrogen) atoms. The van der Waals surface area contributed by atoms with Crippen molar-refractivity contribution in [2.75, 3.05) is 0 Å². The zero-order valence-electron chi connectivity index (χ0n) is 18.1. The summed E-state index contributed by atoms with van der Waals surface area (Å²) in [5.41, 5.74) is 5.27. The van der Waals surface area contributed by atoms with Gasteiger partial charge in [0, 0.05) is 11.1 Å². The van der Waals surface area contributed by atoms with Crippen molar-refractivity contribution in [2.45, 2.75) is 12.4 Å². The molecule has 184 valence electrons. The fraction of sp³-hybridized carbons (Fsp3) is 0.0833. The van der Waals surface area contributed by atoms with E-state index in [9.17, 15) is 26.3 Å². The Morgan fingerprint density at radius 2 is 1.39 bits per heavy atom. The van der Waals surface area contributed by atoms with E-state index in [0.29, 0.717) is 28.6 Å². The molecule has 0 fully saturated rings. The molecule has 0 atom stereocenters. The van der Waals surface area contributed by atoms with Gasteiger partial charge in [-0.05, 0) is 42.5 Å². The van der Waals surface area contributed by atoms with Crippen molar-refractivity contribution < 1.29 is 26.3 Å². The number of aromatic amines is 1. The molecule has 4 rings (SSSR count). The van der Waals surface area contributed by atoms with Crippen molar-refractivity contribution in [1.82, 2.24) is 20.2 Å². The Balaban J connectivity index is 1.65. The van der Waals surface area contributed by atoms with Crippen LogP contribution in [0.1, 0.15) is 11.4 Å². The second-order valence-corrected chi connectivity index (χ2v) is 7.57. The first-order valence-electron chi connectivity index (χ1n) is 10.2. The van der Waals surface area contributed by atoms with Gasteiger partial charge in [-0.25, -0.2) is 9.97 Å². The van der Waals surface area contributed by atoms with Crippen LogP contribution in [0.25, 0.3) is 39.6 Å². The Morgan fingerprint density at radius 1 is 0.806 bits per heavy atom. The lowest BCUT2D eigenvalue weighted by Gasteiger charge is -2.09. The first-order chi connectivity index (χ1) is 16.9. The van der Waals surface area contributed by atoms with Crippen molar-refractivity contribution >= 4 is 11.4 Å². The standard InChI is InChI=1S/C24H16F6N6/c25-23(26,27)21(32)11-15(31)18-8-2-6-16(33-18)13-4-1-5-14(10-13)17-7-3-9-19(34-17)20-12-22(36-35-20)24(28,29)30/h1-12,32H,31H2,(H,35,36)/b15-11-,32-21?. The first-order valence-corrected chi connectivity index (χ1v) is 10.2. The molecule has 6 nitrogen and oxygen atoms in total. The third kappa shape index (κ3) is 5.43. The number of hydrogen-bond donors (Lipinski definition) is 3. The zero-order valence-corrected chi connectivity index (χ0v) is 18.1. The minimum absolute atomic E-state index is 0.0618. The molecule has 4 aromatic rings. The molecule has 0 unspecified atom stereocenters. The smallest absolute Gasteiger partial charge is 0.397 e. The minimum atomic E-state index is -4.83. The fourth-order valence-electron chi connectivity index (χ4n) is 3.25. The minimum Gasteiger partial charge on any atom is -0.397 e. The Hall–Kier alpha value is -4.48. The predicted molar refractivity (Wildman–Crippen MR) is 121 cm³/mol. The number of alkyl halides is 6. The van der Waals surface area contributed by atoms with Gasteiger partial charge in [0.25, 0.3) is 0 Å². The topological polar surface area (TPSA) is 104 Å². The van der Waals surface area contributed by atoms with Crippen molar-refractivity contribution in [3.05, 3.63) is 84.2 Å². The van der Waals surface area contributed by atoms with Crippen LogP contribution < -0.4 is 5.73 Å². The van der Waals surface area contributed by atoms with Gasteiger partial charge in [0.15, 0.2) is 5.69 Å². The van der Waals surface area contributed by atoms with Crippen LogP contribution in [0.5, 0.6) is 0 Å². The molecule has 0 saturated carbocycles. The lowest BCUT2D eigenvalue weighted by molar-refractivity contribution is -0.141. The number of aromatic nitrogens is 4. The largest absolute Gasteiger partial charge is 0.435 e. The van der Waals surface area contributed by atoms with Crippen molar-refractivity contribution in [2.24, 2.45) is 5.73 Å². The van der Waals surface area contributed by atoms with Crippen LogP contribution >= 0.6 is 0 Å². The fourth-order valence-corrected chi connectivity index (χ4v) is 3.25. The summed E-state index contributed by atoms with van der Waals surface area (Å²) in [6, 6.07) is 17.3. The molecule has 0 bridgehead atoms. The van der Waals surface area contributed by atoms with Gasteiger partial charge >= 0.3 is 12.4 Å². The van der Waals surface area contributed by atoms with Crippen molar-refractivity contribution in [1.29, 1.82) is 5.41 Å². The van der Waals surface area contributed by atoms with E-state index in [-0.39, 0.29) is 22.8 Å². The van der Waals surface area contributed by atoms with Gasteiger partial charge < -0.3 is 5.73 Å². The summed E-state index contributed by atoms with van der Waals surface area (Å²) >= 11 is 0. The van der Waals surface area contributed by atoms with Gasteiger partial charge in [0.05, 0.1) is 34.2 Å². The molecule has 3 aromatic heterocycles. The number of nitrogens with zero attached hydrogens (tertiary/aromatic N) is 3. The molecule has 0 spiro atoms. The summed E-state index contributed by atoms with van der Waals surface area (Å²) < 4.78 is 76.6. The molecular weight excluding hydrogens is 486 g/mol. The highest BCUT2D eigenvalue weighted by atomic mass is 19.4. The summed E-state index contributed by atoms with van der Waals surface area (Å²) in [6.45, 7) is 0. The SMILES string of the molecule is N=C(/C=C(\N)c1cccc(-c2cccc(-c3cccc(-c4cc(C(F)(F)F)n[nH]4)n3)c2)n1)C(F)(F)F. The maximum atomic E-state index is 12.9. The zero-order chi connectivity index (χ0) is 26.1.